The molecule has 0 radical (unpaired) electrons. The van der Waals surface area contributed by atoms with Gasteiger partial charge in [-0.15, -0.1) is 0 Å². The summed E-state index contributed by atoms with van der Waals surface area (Å²) in [6.07, 6.45) is 7.88. The zero-order valence-corrected chi connectivity index (χ0v) is 12.2. The van der Waals surface area contributed by atoms with Crippen molar-refractivity contribution in [2.24, 2.45) is 0 Å². The molecule has 0 bridgehead atoms. The Morgan fingerprint density at radius 1 is 1.29 bits per heavy atom. The van der Waals surface area contributed by atoms with E-state index in [1.807, 2.05) is 24.6 Å². The third kappa shape index (κ3) is 2.16. The highest BCUT2D eigenvalue weighted by molar-refractivity contribution is 5.68. The SMILES string of the molecule is Cc1cn2c(n1)CCC(Nc1nccn3nc(C)cc13)C2. The second-order valence-corrected chi connectivity index (χ2v) is 5.72. The Bertz CT molecular complexity index is 800. The maximum atomic E-state index is 4.55. The molecule has 1 atom stereocenters. The summed E-state index contributed by atoms with van der Waals surface area (Å²) in [7, 11) is 0. The topological polar surface area (TPSA) is 60.0 Å². The zero-order valence-electron chi connectivity index (χ0n) is 12.2. The van der Waals surface area contributed by atoms with E-state index >= 15 is 0 Å². The minimum Gasteiger partial charge on any atom is -0.364 e. The molecule has 1 aliphatic rings. The van der Waals surface area contributed by atoms with Crippen molar-refractivity contribution in [2.45, 2.75) is 39.3 Å². The molecular formula is C15H18N6. The van der Waals surface area contributed by atoms with Crippen LogP contribution < -0.4 is 5.32 Å². The molecule has 3 aromatic heterocycles. The van der Waals surface area contributed by atoms with E-state index < -0.39 is 0 Å². The summed E-state index contributed by atoms with van der Waals surface area (Å²) in [5, 5.41) is 7.99. The molecule has 108 valence electrons. The zero-order chi connectivity index (χ0) is 14.4. The van der Waals surface area contributed by atoms with Crippen LogP contribution in [0, 0.1) is 13.8 Å². The predicted octanol–water partition coefficient (Wildman–Crippen LogP) is 1.97. The van der Waals surface area contributed by atoms with E-state index in [1.165, 1.54) is 5.82 Å². The van der Waals surface area contributed by atoms with Gasteiger partial charge < -0.3 is 9.88 Å². The lowest BCUT2D eigenvalue weighted by molar-refractivity contribution is 0.475. The van der Waals surface area contributed by atoms with Crippen LogP contribution in [0.5, 0.6) is 0 Å². The van der Waals surface area contributed by atoms with E-state index in [1.54, 1.807) is 6.20 Å². The number of imidazole rings is 1. The molecule has 1 aliphatic heterocycles. The summed E-state index contributed by atoms with van der Waals surface area (Å²) in [5.41, 5.74) is 3.13. The molecule has 4 heterocycles. The summed E-state index contributed by atoms with van der Waals surface area (Å²) in [5.74, 6) is 2.10. The first-order chi connectivity index (χ1) is 10.2. The number of aromatic nitrogens is 5. The van der Waals surface area contributed by atoms with Crippen LogP contribution in [0.25, 0.3) is 5.52 Å². The first kappa shape index (κ1) is 12.4. The largest absolute Gasteiger partial charge is 0.364 e. The molecule has 6 nitrogen and oxygen atoms in total. The highest BCUT2D eigenvalue weighted by Gasteiger charge is 2.20. The molecule has 0 saturated carbocycles. The number of anilines is 1. The summed E-state index contributed by atoms with van der Waals surface area (Å²) in [6.45, 7) is 4.98. The third-order valence-corrected chi connectivity index (χ3v) is 3.97. The van der Waals surface area contributed by atoms with E-state index in [0.717, 1.165) is 42.1 Å². The van der Waals surface area contributed by atoms with Crippen molar-refractivity contribution in [3.05, 3.63) is 41.9 Å². The molecule has 0 aromatic carbocycles. The van der Waals surface area contributed by atoms with Crippen LogP contribution in [-0.2, 0) is 13.0 Å². The lowest BCUT2D eigenvalue weighted by atomic mass is 10.1. The lowest BCUT2D eigenvalue weighted by Crippen LogP contribution is -2.31. The average molecular weight is 282 g/mol. The fourth-order valence-corrected chi connectivity index (χ4v) is 3.05. The standard InChI is InChI=1S/C15H18N6/c1-10-7-13-15(16-5-6-21(13)19-10)18-12-3-4-14-17-11(2)8-20(14)9-12/h5-8,12H,3-4,9H2,1-2H3,(H,16,18). The number of nitrogens with zero attached hydrogens (tertiary/aromatic N) is 5. The van der Waals surface area contributed by atoms with Gasteiger partial charge in [-0.3, -0.25) is 0 Å². The maximum Gasteiger partial charge on any atom is 0.152 e. The second-order valence-electron chi connectivity index (χ2n) is 5.72. The molecule has 21 heavy (non-hydrogen) atoms. The number of hydrogen-bond acceptors (Lipinski definition) is 4. The third-order valence-electron chi connectivity index (χ3n) is 3.97. The first-order valence-corrected chi connectivity index (χ1v) is 7.29. The van der Waals surface area contributed by atoms with Crippen molar-refractivity contribution in [3.8, 4) is 0 Å². The molecular weight excluding hydrogens is 264 g/mol. The summed E-state index contributed by atoms with van der Waals surface area (Å²) in [6, 6.07) is 2.44. The van der Waals surface area contributed by atoms with Gasteiger partial charge in [0.15, 0.2) is 5.82 Å². The van der Waals surface area contributed by atoms with E-state index in [0.29, 0.717) is 6.04 Å². The lowest BCUT2D eigenvalue weighted by Gasteiger charge is -2.25. The minimum atomic E-state index is 0.375. The van der Waals surface area contributed by atoms with Gasteiger partial charge in [0.1, 0.15) is 11.3 Å². The van der Waals surface area contributed by atoms with Crippen molar-refractivity contribution in [2.75, 3.05) is 5.32 Å². The Morgan fingerprint density at radius 2 is 2.19 bits per heavy atom. The van der Waals surface area contributed by atoms with Crippen LogP contribution in [0.4, 0.5) is 5.82 Å². The van der Waals surface area contributed by atoms with Crippen LogP contribution in [0.2, 0.25) is 0 Å². The number of fused-ring (bicyclic) bond motifs is 2. The average Bonchev–Trinajstić information content (AvgIpc) is 2.99. The Kier molecular flexibility index (Phi) is 2.70. The number of rotatable bonds is 2. The molecule has 0 saturated heterocycles. The number of hydrogen-bond donors (Lipinski definition) is 1. The molecule has 6 heteroatoms. The fourth-order valence-electron chi connectivity index (χ4n) is 3.05. The smallest absolute Gasteiger partial charge is 0.152 e. The van der Waals surface area contributed by atoms with Crippen molar-refractivity contribution in [1.29, 1.82) is 0 Å². The van der Waals surface area contributed by atoms with Gasteiger partial charge in [0.25, 0.3) is 0 Å². The molecule has 0 amide bonds. The predicted molar refractivity (Wildman–Crippen MR) is 80.4 cm³/mol. The van der Waals surface area contributed by atoms with Gasteiger partial charge in [0.05, 0.1) is 11.4 Å². The summed E-state index contributed by atoms with van der Waals surface area (Å²) >= 11 is 0. The van der Waals surface area contributed by atoms with Gasteiger partial charge in [-0.05, 0) is 26.3 Å². The highest BCUT2D eigenvalue weighted by Crippen LogP contribution is 2.21. The van der Waals surface area contributed by atoms with Gasteiger partial charge in [-0.25, -0.2) is 14.5 Å². The summed E-state index contributed by atoms with van der Waals surface area (Å²) < 4.78 is 4.12. The number of nitrogens with one attached hydrogen (secondary N) is 1. The van der Waals surface area contributed by atoms with Crippen LogP contribution >= 0.6 is 0 Å². The van der Waals surface area contributed by atoms with Gasteiger partial charge in [0.2, 0.25) is 0 Å². The number of aryl methyl sites for hydroxylation is 3. The molecule has 4 rings (SSSR count). The maximum absolute atomic E-state index is 4.55. The molecule has 3 aromatic rings. The van der Waals surface area contributed by atoms with E-state index in [9.17, 15) is 0 Å². The molecule has 1 unspecified atom stereocenters. The minimum absolute atomic E-state index is 0.375. The molecule has 1 N–H and O–H groups in total. The Hall–Kier alpha value is -2.37. The quantitative estimate of drug-likeness (QED) is 0.780. The van der Waals surface area contributed by atoms with E-state index in [-0.39, 0.29) is 0 Å². The normalized spacial score (nSPS) is 17.9. The van der Waals surface area contributed by atoms with Crippen LogP contribution in [0.1, 0.15) is 23.6 Å². The van der Waals surface area contributed by atoms with Gasteiger partial charge in [-0.2, -0.15) is 5.10 Å². The van der Waals surface area contributed by atoms with Gasteiger partial charge >= 0.3 is 0 Å². The van der Waals surface area contributed by atoms with Gasteiger partial charge in [0, 0.05) is 37.6 Å². The van der Waals surface area contributed by atoms with Crippen molar-refractivity contribution < 1.29 is 0 Å². The monoisotopic (exact) mass is 282 g/mol. The second kappa shape index (κ2) is 4.58. The van der Waals surface area contributed by atoms with E-state index in [2.05, 4.69) is 37.2 Å². The molecule has 0 fully saturated rings. The van der Waals surface area contributed by atoms with Crippen LogP contribution in [0.15, 0.2) is 24.7 Å². The first-order valence-electron chi connectivity index (χ1n) is 7.29. The fraction of sp³-hybridized carbons (Fsp3) is 0.400. The van der Waals surface area contributed by atoms with Crippen molar-refractivity contribution in [1.82, 2.24) is 24.1 Å². The Balaban J connectivity index is 1.61. The highest BCUT2D eigenvalue weighted by atomic mass is 15.2. The van der Waals surface area contributed by atoms with Crippen molar-refractivity contribution >= 4 is 11.3 Å². The molecule has 0 spiro atoms. The van der Waals surface area contributed by atoms with Crippen LogP contribution in [-0.4, -0.2) is 30.2 Å². The Morgan fingerprint density at radius 3 is 3.10 bits per heavy atom. The van der Waals surface area contributed by atoms with Crippen LogP contribution in [0.3, 0.4) is 0 Å². The summed E-state index contributed by atoms with van der Waals surface area (Å²) in [4.78, 5) is 9.03. The van der Waals surface area contributed by atoms with Crippen molar-refractivity contribution in [3.63, 3.8) is 0 Å². The van der Waals surface area contributed by atoms with Gasteiger partial charge in [-0.1, -0.05) is 0 Å². The Labute approximate surface area is 122 Å². The molecule has 0 aliphatic carbocycles. The van der Waals surface area contributed by atoms with E-state index in [4.69, 9.17) is 0 Å².